The molecule has 1 aromatic rings. The number of sulfonamides is 1. The van der Waals surface area contributed by atoms with Gasteiger partial charge in [-0.25, -0.2) is 8.42 Å². The maximum absolute atomic E-state index is 13.5. The summed E-state index contributed by atoms with van der Waals surface area (Å²) in [6, 6.07) is 5.35. The monoisotopic (exact) mass is 432 g/mol. The third-order valence-electron chi connectivity index (χ3n) is 7.16. The molecule has 2 saturated heterocycles. The zero-order valence-electron chi connectivity index (χ0n) is 18.0. The Hall–Kier alpha value is -1.73. The van der Waals surface area contributed by atoms with Crippen molar-refractivity contribution in [2.45, 2.75) is 82.7 Å². The molecule has 4 rings (SSSR count). The van der Waals surface area contributed by atoms with Crippen LogP contribution in [0.2, 0.25) is 0 Å². The Kier molecular flexibility index (Phi) is 6.04. The van der Waals surface area contributed by atoms with Gasteiger partial charge in [0.1, 0.15) is 0 Å². The summed E-state index contributed by atoms with van der Waals surface area (Å²) >= 11 is 0. The highest BCUT2D eigenvalue weighted by atomic mass is 32.2. The molecule has 3 atom stereocenters. The summed E-state index contributed by atoms with van der Waals surface area (Å²) in [4.78, 5) is 27.3. The molecule has 164 valence electrons. The van der Waals surface area contributed by atoms with Gasteiger partial charge in [-0.1, -0.05) is 38.3 Å². The van der Waals surface area contributed by atoms with Crippen molar-refractivity contribution in [3.63, 3.8) is 0 Å². The first kappa shape index (κ1) is 21.5. The second-order valence-corrected chi connectivity index (χ2v) is 10.9. The van der Waals surface area contributed by atoms with Gasteiger partial charge in [-0.2, -0.15) is 4.31 Å². The third-order valence-corrected chi connectivity index (χ3v) is 9.25. The molecule has 0 aromatic heterocycles. The maximum atomic E-state index is 13.5. The lowest BCUT2D eigenvalue weighted by atomic mass is 9.81. The Morgan fingerprint density at radius 2 is 1.60 bits per heavy atom. The van der Waals surface area contributed by atoms with Crippen molar-refractivity contribution in [1.29, 1.82) is 0 Å². The largest absolute Gasteiger partial charge is 0.278 e. The number of benzene rings is 1. The van der Waals surface area contributed by atoms with Crippen LogP contribution < -0.4 is 0 Å². The number of hydrogen-bond acceptors (Lipinski definition) is 4. The summed E-state index contributed by atoms with van der Waals surface area (Å²) < 4.78 is 28.6. The zero-order valence-corrected chi connectivity index (χ0v) is 18.8. The Balaban J connectivity index is 1.61. The normalized spacial score (nSPS) is 28.1. The highest BCUT2D eigenvalue weighted by Gasteiger charge is 2.48. The summed E-state index contributed by atoms with van der Waals surface area (Å²) in [6.45, 7) is 4.55. The van der Waals surface area contributed by atoms with Crippen LogP contribution >= 0.6 is 0 Å². The van der Waals surface area contributed by atoms with Gasteiger partial charge < -0.3 is 0 Å². The molecule has 1 aliphatic carbocycles. The van der Waals surface area contributed by atoms with E-state index in [0.29, 0.717) is 22.6 Å². The van der Waals surface area contributed by atoms with E-state index in [-0.39, 0.29) is 36.2 Å². The minimum atomic E-state index is -3.61. The number of carbonyl (C=O) groups excluding carboxylic acids is 2. The Labute approximate surface area is 179 Å². The second-order valence-electron chi connectivity index (χ2n) is 9.03. The lowest BCUT2D eigenvalue weighted by Crippen LogP contribution is -2.43. The first-order valence-corrected chi connectivity index (χ1v) is 12.7. The molecule has 0 spiro atoms. The number of amides is 2. The molecule has 30 heavy (non-hydrogen) atoms. The van der Waals surface area contributed by atoms with E-state index in [2.05, 4.69) is 0 Å². The molecule has 1 aromatic carbocycles. The molecule has 0 N–H and O–H groups in total. The van der Waals surface area contributed by atoms with Gasteiger partial charge in [0.2, 0.25) is 21.8 Å². The molecule has 3 aliphatic rings. The van der Waals surface area contributed by atoms with Gasteiger partial charge in [0.25, 0.3) is 0 Å². The standard InChI is InChI=1S/C23H32N2O4S/c1-3-18-8-6-7-13-25(18)30(28,29)21-14-17(12-11-16(21)2)15-24-22(26)19-9-4-5-10-20(19)23(24)27/h11-12,14,18-20H,3-10,13,15H2,1-2H3/t18-,19-,20+/m1/s1. The van der Waals surface area contributed by atoms with Gasteiger partial charge in [0.15, 0.2) is 0 Å². The van der Waals surface area contributed by atoms with Crippen LogP contribution in [0.15, 0.2) is 23.1 Å². The number of piperidine rings is 1. The molecule has 7 heteroatoms. The van der Waals surface area contributed by atoms with Crippen LogP contribution in [0.4, 0.5) is 0 Å². The lowest BCUT2D eigenvalue weighted by Gasteiger charge is -2.34. The first-order chi connectivity index (χ1) is 14.3. The van der Waals surface area contributed by atoms with E-state index in [0.717, 1.165) is 51.4 Å². The number of fused-ring (bicyclic) bond motifs is 1. The molecule has 1 saturated carbocycles. The van der Waals surface area contributed by atoms with Gasteiger partial charge in [0.05, 0.1) is 23.3 Å². The number of likely N-dealkylation sites (tertiary alicyclic amines) is 1. The summed E-state index contributed by atoms with van der Waals surface area (Å²) in [7, 11) is -3.61. The highest BCUT2D eigenvalue weighted by molar-refractivity contribution is 7.89. The molecule has 2 amide bonds. The molecule has 0 radical (unpaired) electrons. The lowest BCUT2D eigenvalue weighted by molar-refractivity contribution is -0.140. The second kappa shape index (κ2) is 8.42. The van der Waals surface area contributed by atoms with E-state index in [1.54, 1.807) is 16.4 Å². The molecule has 2 aliphatic heterocycles. The predicted molar refractivity (Wildman–Crippen MR) is 114 cm³/mol. The SMILES string of the molecule is CC[C@@H]1CCCCN1S(=O)(=O)c1cc(CN2C(=O)[C@H]3CCCC[C@H]3C2=O)ccc1C. The van der Waals surface area contributed by atoms with Crippen LogP contribution in [0.25, 0.3) is 0 Å². The smallest absolute Gasteiger partial charge is 0.243 e. The van der Waals surface area contributed by atoms with Crippen molar-refractivity contribution in [2.24, 2.45) is 11.8 Å². The summed E-state index contributed by atoms with van der Waals surface area (Å²) in [5.74, 6) is -0.536. The fourth-order valence-electron chi connectivity index (χ4n) is 5.41. The van der Waals surface area contributed by atoms with Crippen molar-refractivity contribution in [2.75, 3.05) is 6.54 Å². The zero-order chi connectivity index (χ0) is 21.5. The third kappa shape index (κ3) is 3.71. The van der Waals surface area contributed by atoms with Crippen LogP contribution in [0.1, 0.15) is 69.4 Å². The van der Waals surface area contributed by atoms with E-state index < -0.39 is 10.0 Å². The molecule has 0 bridgehead atoms. The Bertz CT molecular complexity index is 919. The number of rotatable bonds is 5. The first-order valence-electron chi connectivity index (χ1n) is 11.3. The van der Waals surface area contributed by atoms with E-state index in [4.69, 9.17) is 0 Å². The van der Waals surface area contributed by atoms with Crippen LogP contribution in [-0.4, -0.2) is 42.0 Å². The van der Waals surface area contributed by atoms with E-state index in [9.17, 15) is 18.0 Å². The van der Waals surface area contributed by atoms with E-state index in [1.807, 2.05) is 19.9 Å². The topological polar surface area (TPSA) is 74.8 Å². The average molecular weight is 433 g/mol. The van der Waals surface area contributed by atoms with Crippen molar-refractivity contribution in [3.8, 4) is 0 Å². The number of imide groups is 1. The molecular weight excluding hydrogens is 400 g/mol. The van der Waals surface area contributed by atoms with Gasteiger partial charge in [-0.05, 0) is 56.2 Å². The number of hydrogen-bond donors (Lipinski definition) is 0. The van der Waals surface area contributed by atoms with Crippen molar-refractivity contribution in [1.82, 2.24) is 9.21 Å². The average Bonchev–Trinajstić information content (AvgIpc) is 3.00. The predicted octanol–water partition coefficient (Wildman–Crippen LogP) is 3.62. The number of aryl methyl sites for hydroxylation is 1. The molecule has 6 nitrogen and oxygen atoms in total. The van der Waals surface area contributed by atoms with Crippen LogP contribution in [0.5, 0.6) is 0 Å². The minimum Gasteiger partial charge on any atom is -0.278 e. The molecule has 2 heterocycles. The van der Waals surface area contributed by atoms with Crippen LogP contribution in [0.3, 0.4) is 0 Å². The summed E-state index contributed by atoms with van der Waals surface area (Å²) in [5.41, 5.74) is 1.40. The Morgan fingerprint density at radius 1 is 0.967 bits per heavy atom. The van der Waals surface area contributed by atoms with Crippen LogP contribution in [0, 0.1) is 18.8 Å². The quantitative estimate of drug-likeness (QED) is 0.666. The molecule has 0 unspecified atom stereocenters. The van der Waals surface area contributed by atoms with E-state index in [1.165, 1.54) is 4.90 Å². The van der Waals surface area contributed by atoms with Crippen molar-refractivity contribution < 1.29 is 18.0 Å². The van der Waals surface area contributed by atoms with Gasteiger partial charge in [-0.15, -0.1) is 0 Å². The highest BCUT2D eigenvalue weighted by Crippen LogP contribution is 2.39. The van der Waals surface area contributed by atoms with Gasteiger partial charge in [0, 0.05) is 12.6 Å². The summed E-state index contributed by atoms with van der Waals surface area (Å²) in [5, 5.41) is 0. The summed E-state index contributed by atoms with van der Waals surface area (Å²) in [6.07, 6.45) is 7.20. The molecule has 3 fully saturated rings. The maximum Gasteiger partial charge on any atom is 0.243 e. The number of nitrogens with zero attached hydrogens (tertiary/aromatic N) is 2. The fourth-order valence-corrected chi connectivity index (χ4v) is 7.46. The van der Waals surface area contributed by atoms with Crippen LogP contribution in [-0.2, 0) is 26.2 Å². The number of carbonyl (C=O) groups is 2. The van der Waals surface area contributed by atoms with E-state index >= 15 is 0 Å². The van der Waals surface area contributed by atoms with Gasteiger partial charge in [-0.3, -0.25) is 14.5 Å². The van der Waals surface area contributed by atoms with Crippen molar-refractivity contribution >= 4 is 21.8 Å². The Morgan fingerprint density at radius 3 is 2.23 bits per heavy atom. The minimum absolute atomic E-state index is 0.0386. The molecular formula is C23H32N2O4S. The van der Waals surface area contributed by atoms with Crippen molar-refractivity contribution in [3.05, 3.63) is 29.3 Å². The fraction of sp³-hybridized carbons (Fsp3) is 0.652. The van der Waals surface area contributed by atoms with Gasteiger partial charge >= 0.3 is 0 Å².